The lowest BCUT2D eigenvalue weighted by Crippen LogP contribution is -2.28. The zero-order chi connectivity index (χ0) is 18.4. The summed E-state index contributed by atoms with van der Waals surface area (Å²) >= 11 is 0. The quantitative estimate of drug-likeness (QED) is 0.641. The van der Waals surface area contributed by atoms with Crippen molar-refractivity contribution in [3.63, 3.8) is 0 Å². The van der Waals surface area contributed by atoms with Crippen molar-refractivity contribution in [2.45, 2.75) is 24.7 Å². The van der Waals surface area contributed by atoms with E-state index in [9.17, 15) is 18.0 Å². The Morgan fingerprint density at radius 2 is 1.96 bits per heavy atom. The second-order valence-electron chi connectivity index (χ2n) is 5.60. The van der Waals surface area contributed by atoms with Crippen molar-refractivity contribution < 1.29 is 13.2 Å². The maximum atomic E-state index is 12.2. The molecular formula is C16H20N4O4S. The van der Waals surface area contributed by atoms with Gasteiger partial charge in [0.1, 0.15) is 11.6 Å². The van der Waals surface area contributed by atoms with E-state index in [-0.39, 0.29) is 47.3 Å². The number of sulfone groups is 1. The van der Waals surface area contributed by atoms with E-state index in [1.165, 1.54) is 12.1 Å². The van der Waals surface area contributed by atoms with Gasteiger partial charge in [-0.2, -0.15) is 0 Å². The topological polar surface area (TPSA) is 135 Å². The molecule has 25 heavy (non-hydrogen) atoms. The third-order valence-corrected chi connectivity index (χ3v) is 5.20. The predicted molar refractivity (Wildman–Crippen MR) is 93.8 cm³/mol. The molecular weight excluding hydrogens is 344 g/mol. The Morgan fingerprint density at radius 1 is 1.28 bits per heavy atom. The van der Waals surface area contributed by atoms with Gasteiger partial charge in [-0.05, 0) is 19.1 Å². The van der Waals surface area contributed by atoms with Gasteiger partial charge in [-0.15, -0.1) is 0 Å². The molecule has 0 saturated carbocycles. The normalized spacial score (nSPS) is 11.2. The lowest BCUT2D eigenvalue weighted by atomic mass is 10.2. The first-order valence-electron chi connectivity index (χ1n) is 7.68. The fourth-order valence-corrected chi connectivity index (χ4v) is 3.39. The van der Waals surface area contributed by atoms with Gasteiger partial charge in [-0.25, -0.2) is 13.4 Å². The molecule has 0 aliphatic heterocycles. The molecule has 2 rings (SSSR count). The molecule has 0 aliphatic rings. The Morgan fingerprint density at radius 3 is 2.60 bits per heavy atom. The molecule has 4 N–H and O–H groups in total. The van der Waals surface area contributed by atoms with Crippen LogP contribution < -0.4 is 16.6 Å². The number of nitrogen functional groups attached to an aromatic ring is 1. The summed E-state index contributed by atoms with van der Waals surface area (Å²) < 4.78 is 24.3. The zero-order valence-electron chi connectivity index (χ0n) is 13.8. The van der Waals surface area contributed by atoms with Crippen molar-refractivity contribution in [3.8, 4) is 0 Å². The van der Waals surface area contributed by atoms with E-state index in [2.05, 4.69) is 15.3 Å². The highest BCUT2D eigenvalue weighted by molar-refractivity contribution is 7.91. The number of nitrogens with two attached hydrogens (primary N) is 1. The largest absolute Gasteiger partial charge is 0.383 e. The van der Waals surface area contributed by atoms with Crippen LogP contribution in [-0.4, -0.2) is 36.6 Å². The Bertz CT molecular complexity index is 904. The summed E-state index contributed by atoms with van der Waals surface area (Å²) in [6.45, 7) is 2.09. The third kappa shape index (κ3) is 5.71. The molecule has 0 bridgehead atoms. The number of benzene rings is 1. The van der Waals surface area contributed by atoms with Crippen LogP contribution in [0, 0.1) is 6.92 Å². The Kier molecular flexibility index (Phi) is 5.92. The number of aryl methyl sites for hydroxylation is 1. The average Bonchev–Trinajstić information content (AvgIpc) is 2.52. The second kappa shape index (κ2) is 7.93. The van der Waals surface area contributed by atoms with E-state index in [1.54, 1.807) is 12.1 Å². The average molecular weight is 364 g/mol. The van der Waals surface area contributed by atoms with E-state index in [4.69, 9.17) is 5.73 Å². The molecule has 1 heterocycles. The van der Waals surface area contributed by atoms with Crippen LogP contribution in [-0.2, 0) is 21.1 Å². The fraction of sp³-hybridized carbons (Fsp3) is 0.312. The predicted octanol–water partition coefficient (Wildman–Crippen LogP) is 0.183. The van der Waals surface area contributed by atoms with Crippen molar-refractivity contribution >= 4 is 21.6 Å². The van der Waals surface area contributed by atoms with E-state index in [1.807, 2.05) is 6.92 Å². The van der Waals surface area contributed by atoms with Crippen LogP contribution in [0.1, 0.15) is 17.8 Å². The molecule has 134 valence electrons. The minimum atomic E-state index is -3.50. The first-order chi connectivity index (χ1) is 11.8. The summed E-state index contributed by atoms with van der Waals surface area (Å²) in [5, 5.41) is 2.60. The summed E-state index contributed by atoms with van der Waals surface area (Å²) in [6, 6.07) is 7.66. The van der Waals surface area contributed by atoms with Crippen LogP contribution in [0.5, 0.6) is 0 Å². The molecule has 1 amide bonds. The number of nitrogens with one attached hydrogen (secondary N) is 2. The number of hydrogen-bond donors (Lipinski definition) is 3. The van der Waals surface area contributed by atoms with Crippen LogP contribution in [0.2, 0.25) is 0 Å². The lowest BCUT2D eigenvalue weighted by molar-refractivity contribution is -0.120. The molecule has 1 aromatic carbocycles. The van der Waals surface area contributed by atoms with Crippen molar-refractivity contribution in [3.05, 3.63) is 52.1 Å². The molecule has 0 aliphatic carbocycles. The highest BCUT2D eigenvalue weighted by Gasteiger charge is 2.16. The molecule has 9 heteroatoms. The molecule has 2 aromatic rings. The molecule has 0 saturated heterocycles. The molecule has 0 unspecified atom stereocenters. The summed E-state index contributed by atoms with van der Waals surface area (Å²) in [4.78, 5) is 29.7. The number of carbonyl (C=O) groups excluding carboxylic acids is 1. The minimum absolute atomic E-state index is 0.106. The number of aromatic nitrogens is 2. The van der Waals surface area contributed by atoms with E-state index in [0.29, 0.717) is 5.82 Å². The molecule has 0 radical (unpaired) electrons. The maximum absolute atomic E-state index is 12.2. The standard InChI is InChI=1S/C16H20N4O4S/c1-11-2-4-12(5-3-11)25(23,24)9-7-15(21)18-8-6-14-19-13(17)10-16(22)20-14/h2-5,10H,6-9H2,1H3,(H,18,21)(H3,17,19,20,22). The number of H-pyrrole nitrogens is 1. The Labute approximate surface area is 145 Å². The summed E-state index contributed by atoms with van der Waals surface area (Å²) in [5.41, 5.74) is 6.07. The monoisotopic (exact) mass is 364 g/mol. The number of hydrogen-bond acceptors (Lipinski definition) is 6. The van der Waals surface area contributed by atoms with Crippen LogP contribution in [0.25, 0.3) is 0 Å². The van der Waals surface area contributed by atoms with Crippen LogP contribution >= 0.6 is 0 Å². The number of aromatic amines is 1. The van der Waals surface area contributed by atoms with Crippen molar-refractivity contribution in [2.75, 3.05) is 18.0 Å². The van der Waals surface area contributed by atoms with Crippen molar-refractivity contribution in [1.82, 2.24) is 15.3 Å². The van der Waals surface area contributed by atoms with Gasteiger partial charge in [-0.3, -0.25) is 9.59 Å². The molecule has 0 spiro atoms. The van der Waals surface area contributed by atoms with E-state index >= 15 is 0 Å². The van der Waals surface area contributed by atoms with Crippen LogP contribution in [0.3, 0.4) is 0 Å². The lowest BCUT2D eigenvalue weighted by Gasteiger charge is -2.07. The highest BCUT2D eigenvalue weighted by atomic mass is 32.2. The van der Waals surface area contributed by atoms with Gasteiger partial charge in [0.25, 0.3) is 5.56 Å². The molecule has 0 fully saturated rings. The van der Waals surface area contributed by atoms with Crippen LogP contribution in [0.15, 0.2) is 40.0 Å². The number of anilines is 1. The third-order valence-electron chi connectivity index (χ3n) is 3.47. The number of amides is 1. The molecule has 0 atom stereocenters. The number of carbonyl (C=O) groups is 1. The van der Waals surface area contributed by atoms with E-state index < -0.39 is 9.84 Å². The summed E-state index contributed by atoms with van der Waals surface area (Å²) in [6.07, 6.45) is 0.147. The molecule has 8 nitrogen and oxygen atoms in total. The highest BCUT2D eigenvalue weighted by Crippen LogP contribution is 2.12. The van der Waals surface area contributed by atoms with Gasteiger partial charge in [0.15, 0.2) is 9.84 Å². The molecule has 1 aromatic heterocycles. The van der Waals surface area contributed by atoms with Crippen molar-refractivity contribution in [1.29, 1.82) is 0 Å². The van der Waals surface area contributed by atoms with Crippen LogP contribution in [0.4, 0.5) is 5.82 Å². The van der Waals surface area contributed by atoms with Gasteiger partial charge >= 0.3 is 0 Å². The van der Waals surface area contributed by atoms with E-state index in [0.717, 1.165) is 11.6 Å². The number of rotatable bonds is 7. The first kappa shape index (κ1) is 18.7. The minimum Gasteiger partial charge on any atom is -0.383 e. The second-order valence-corrected chi connectivity index (χ2v) is 7.71. The maximum Gasteiger partial charge on any atom is 0.252 e. The van der Waals surface area contributed by atoms with Gasteiger partial charge in [0, 0.05) is 25.5 Å². The first-order valence-corrected chi connectivity index (χ1v) is 9.33. The van der Waals surface area contributed by atoms with Crippen molar-refractivity contribution in [2.24, 2.45) is 0 Å². The summed E-state index contributed by atoms with van der Waals surface area (Å²) in [7, 11) is -3.50. The zero-order valence-corrected chi connectivity index (χ0v) is 14.6. The van der Waals surface area contributed by atoms with Gasteiger partial charge in [0.2, 0.25) is 5.91 Å². The fourth-order valence-electron chi connectivity index (χ4n) is 2.15. The number of nitrogens with zero attached hydrogens (tertiary/aromatic N) is 1. The Balaban J connectivity index is 1.82. The SMILES string of the molecule is Cc1ccc(S(=O)(=O)CCC(=O)NCCc2nc(N)cc(=O)[nH]2)cc1. The Hall–Kier alpha value is -2.68. The van der Waals surface area contributed by atoms with Gasteiger partial charge in [0.05, 0.1) is 10.6 Å². The van der Waals surface area contributed by atoms with Gasteiger partial charge < -0.3 is 16.0 Å². The van der Waals surface area contributed by atoms with Gasteiger partial charge in [-0.1, -0.05) is 17.7 Å². The smallest absolute Gasteiger partial charge is 0.252 e. The summed E-state index contributed by atoms with van der Waals surface area (Å²) in [5.74, 6) is -0.191.